The van der Waals surface area contributed by atoms with Crippen LogP contribution in [0, 0.1) is 0 Å². The van der Waals surface area contributed by atoms with E-state index >= 15 is 0 Å². The fraction of sp³-hybridized carbons (Fsp3) is 0.200. The second kappa shape index (κ2) is 11.9. The summed E-state index contributed by atoms with van der Waals surface area (Å²) in [6.45, 7) is 4.12. The summed E-state index contributed by atoms with van der Waals surface area (Å²) in [6.07, 6.45) is 1.19. The van der Waals surface area contributed by atoms with Gasteiger partial charge in [0.15, 0.2) is 5.13 Å². The summed E-state index contributed by atoms with van der Waals surface area (Å²) in [5.41, 5.74) is 2.66. The number of anilines is 4. The minimum absolute atomic E-state index is 0.0561. The number of hydrogen-bond acceptors (Lipinski definition) is 6. The van der Waals surface area contributed by atoms with Gasteiger partial charge in [-0.25, -0.2) is 4.98 Å². The van der Waals surface area contributed by atoms with Gasteiger partial charge < -0.3 is 20.4 Å². The number of rotatable bonds is 7. The van der Waals surface area contributed by atoms with Crippen LogP contribution in [0.3, 0.4) is 0 Å². The number of carbonyl (C=O) groups is 1. The monoisotopic (exact) mass is 563 g/mol. The maximum absolute atomic E-state index is 12.9. The average molecular weight is 564 g/mol. The first-order valence-electron chi connectivity index (χ1n) is 12.8. The first-order chi connectivity index (χ1) is 19.2. The summed E-state index contributed by atoms with van der Waals surface area (Å²) in [4.78, 5) is 22.6. The standard InChI is InChI=1S/C30H28F3N5OS/c1-37-14-16-38(17-15-37)26-7-3-6-25(19-26)36-29-34-20-27(40-29)13-10-21-8-11-24(12-9-21)35-28(39)22-4-2-5-23(18-22)30(31,32)33/h2-13,18-20H,14-17H2,1H3,(H,34,36)(H,35,39)/b13-10+. The average Bonchev–Trinajstić information content (AvgIpc) is 3.40. The molecule has 1 fully saturated rings. The van der Waals surface area contributed by atoms with Gasteiger partial charge in [-0.05, 0) is 67.2 Å². The second-order valence-electron chi connectivity index (χ2n) is 9.52. The fourth-order valence-corrected chi connectivity index (χ4v) is 5.02. The molecule has 1 aliphatic heterocycles. The Morgan fingerprint density at radius 3 is 2.42 bits per heavy atom. The van der Waals surface area contributed by atoms with Gasteiger partial charge in [-0.2, -0.15) is 13.2 Å². The Morgan fingerprint density at radius 1 is 0.925 bits per heavy atom. The van der Waals surface area contributed by atoms with Crippen molar-refractivity contribution in [2.75, 3.05) is 48.8 Å². The lowest BCUT2D eigenvalue weighted by atomic mass is 10.1. The van der Waals surface area contributed by atoms with Gasteiger partial charge in [-0.15, -0.1) is 0 Å². The van der Waals surface area contributed by atoms with Crippen LogP contribution in [0.15, 0.2) is 79.0 Å². The zero-order valence-corrected chi connectivity index (χ0v) is 22.6. The molecule has 0 radical (unpaired) electrons. The Morgan fingerprint density at radius 2 is 1.68 bits per heavy atom. The van der Waals surface area contributed by atoms with Gasteiger partial charge in [0.25, 0.3) is 5.91 Å². The van der Waals surface area contributed by atoms with Gasteiger partial charge in [-0.3, -0.25) is 4.79 Å². The second-order valence-corrected chi connectivity index (χ2v) is 10.6. The van der Waals surface area contributed by atoms with Gasteiger partial charge in [0, 0.05) is 59.9 Å². The number of carbonyl (C=O) groups excluding carboxylic acids is 1. The Balaban J connectivity index is 1.17. The van der Waals surface area contributed by atoms with Crippen LogP contribution in [0.4, 0.5) is 35.4 Å². The van der Waals surface area contributed by atoms with E-state index in [1.807, 2.05) is 30.4 Å². The molecule has 0 saturated carbocycles. The minimum atomic E-state index is -4.51. The van der Waals surface area contributed by atoms with Crippen molar-refractivity contribution in [3.8, 4) is 0 Å². The molecule has 6 nitrogen and oxygen atoms in total. The summed E-state index contributed by atoms with van der Waals surface area (Å²) in [5, 5.41) is 6.83. The van der Waals surface area contributed by atoms with Crippen LogP contribution in [-0.2, 0) is 6.18 Å². The van der Waals surface area contributed by atoms with Crippen LogP contribution in [0.2, 0.25) is 0 Å². The SMILES string of the molecule is CN1CCN(c2cccc(Nc3ncc(/C=C/c4ccc(NC(=O)c5cccc(C(F)(F)F)c5)cc4)s3)c2)CC1. The number of alkyl halides is 3. The maximum Gasteiger partial charge on any atom is 0.416 e. The molecule has 0 aliphatic carbocycles. The molecule has 1 aromatic heterocycles. The number of hydrogen-bond donors (Lipinski definition) is 2. The number of nitrogens with one attached hydrogen (secondary N) is 2. The number of piperazine rings is 1. The van der Waals surface area contributed by atoms with Gasteiger partial charge in [-0.1, -0.05) is 41.7 Å². The number of likely N-dealkylation sites (N-methyl/N-ethyl adjacent to an activating group) is 1. The third-order valence-electron chi connectivity index (χ3n) is 6.55. The van der Waals surface area contributed by atoms with E-state index < -0.39 is 17.6 Å². The molecule has 40 heavy (non-hydrogen) atoms. The van der Waals surface area contributed by atoms with Crippen LogP contribution in [-0.4, -0.2) is 49.0 Å². The van der Waals surface area contributed by atoms with Crippen molar-refractivity contribution in [2.45, 2.75) is 6.18 Å². The van der Waals surface area contributed by atoms with Crippen molar-refractivity contribution in [3.05, 3.63) is 101 Å². The zero-order chi connectivity index (χ0) is 28.1. The van der Waals surface area contributed by atoms with Crippen LogP contribution in [0.25, 0.3) is 12.2 Å². The van der Waals surface area contributed by atoms with Crippen molar-refractivity contribution in [1.29, 1.82) is 0 Å². The normalized spacial score (nSPS) is 14.4. The molecule has 1 amide bonds. The number of halogens is 3. The zero-order valence-electron chi connectivity index (χ0n) is 21.8. The smallest absolute Gasteiger partial charge is 0.369 e. The van der Waals surface area contributed by atoms with Crippen LogP contribution >= 0.6 is 11.3 Å². The highest BCUT2D eigenvalue weighted by Crippen LogP contribution is 2.30. The number of benzene rings is 3. The topological polar surface area (TPSA) is 60.5 Å². The highest BCUT2D eigenvalue weighted by atomic mass is 32.1. The van der Waals surface area contributed by atoms with Gasteiger partial charge in [0.1, 0.15) is 0 Å². The van der Waals surface area contributed by atoms with Crippen molar-refractivity contribution in [3.63, 3.8) is 0 Å². The van der Waals surface area contributed by atoms with E-state index in [1.165, 1.54) is 29.2 Å². The van der Waals surface area contributed by atoms with Crippen molar-refractivity contribution in [2.24, 2.45) is 0 Å². The summed E-state index contributed by atoms with van der Waals surface area (Å²) < 4.78 is 38.8. The lowest BCUT2D eigenvalue weighted by molar-refractivity contribution is -0.137. The molecule has 206 valence electrons. The Labute approximate surface area is 234 Å². The van der Waals surface area contributed by atoms with Crippen molar-refractivity contribution >= 4 is 51.6 Å². The third-order valence-corrected chi connectivity index (χ3v) is 7.43. The molecule has 3 aromatic carbocycles. The molecular weight excluding hydrogens is 535 g/mol. The number of amides is 1. The maximum atomic E-state index is 12.9. The summed E-state index contributed by atoms with van der Waals surface area (Å²) in [6, 6.07) is 19.8. The van der Waals surface area contributed by atoms with E-state index in [4.69, 9.17) is 0 Å². The Bertz CT molecular complexity index is 1490. The van der Waals surface area contributed by atoms with Gasteiger partial charge in [0.05, 0.1) is 5.56 Å². The predicted octanol–water partition coefficient (Wildman–Crippen LogP) is 7.08. The third kappa shape index (κ3) is 7.08. The molecule has 0 bridgehead atoms. The molecule has 1 saturated heterocycles. The number of thiazole rings is 1. The van der Waals surface area contributed by atoms with E-state index in [0.717, 1.165) is 59.6 Å². The quantitative estimate of drug-likeness (QED) is 0.252. The molecule has 0 spiro atoms. The largest absolute Gasteiger partial charge is 0.416 e. The lowest BCUT2D eigenvalue weighted by Gasteiger charge is -2.34. The molecule has 4 aromatic rings. The van der Waals surface area contributed by atoms with E-state index in [9.17, 15) is 18.0 Å². The molecule has 1 aliphatic rings. The molecule has 0 unspecified atom stereocenters. The highest BCUT2D eigenvalue weighted by molar-refractivity contribution is 7.16. The van der Waals surface area contributed by atoms with Crippen LogP contribution in [0.1, 0.15) is 26.4 Å². The molecule has 2 heterocycles. The Kier molecular flexibility index (Phi) is 8.18. The molecular formula is C30H28F3N5OS. The summed E-state index contributed by atoms with van der Waals surface area (Å²) >= 11 is 1.53. The van der Waals surface area contributed by atoms with E-state index in [1.54, 1.807) is 18.3 Å². The predicted molar refractivity (Wildman–Crippen MR) is 156 cm³/mol. The molecule has 5 rings (SSSR count). The van der Waals surface area contributed by atoms with Crippen molar-refractivity contribution < 1.29 is 18.0 Å². The van der Waals surface area contributed by atoms with Crippen LogP contribution in [0.5, 0.6) is 0 Å². The first kappa shape index (κ1) is 27.4. The lowest BCUT2D eigenvalue weighted by Crippen LogP contribution is -2.44. The highest BCUT2D eigenvalue weighted by Gasteiger charge is 2.30. The van der Waals surface area contributed by atoms with Crippen LogP contribution < -0.4 is 15.5 Å². The van der Waals surface area contributed by atoms with E-state index in [-0.39, 0.29) is 5.56 Å². The van der Waals surface area contributed by atoms with Gasteiger partial charge in [0.2, 0.25) is 0 Å². The van der Waals surface area contributed by atoms with Crippen molar-refractivity contribution in [1.82, 2.24) is 9.88 Å². The summed E-state index contributed by atoms with van der Waals surface area (Å²) in [5.74, 6) is -0.604. The molecule has 2 N–H and O–H groups in total. The number of aromatic nitrogens is 1. The van der Waals surface area contributed by atoms with E-state index in [2.05, 4.69) is 50.7 Å². The van der Waals surface area contributed by atoms with E-state index in [0.29, 0.717) is 5.69 Å². The fourth-order valence-electron chi connectivity index (χ4n) is 4.29. The summed E-state index contributed by atoms with van der Waals surface area (Å²) in [7, 11) is 2.15. The minimum Gasteiger partial charge on any atom is -0.369 e. The molecule has 10 heteroatoms. The van der Waals surface area contributed by atoms with Gasteiger partial charge >= 0.3 is 6.18 Å². The first-order valence-corrected chi connectivity index (χ1v) is 13.6. The Hall–Kier alpha value is -4.15. The number of nitrogens with zero attached hydrogens (tertiary/aromatic N) is 3. The molecule has 0 atom stereocenters.